The molecule has 0 bridgehead atoms. The van der Waals surface area contributed by atoms with Crippen LogP contribution in [0.3, 0.4) is 0 Å². The van der Waals surface area contributed by atoms with Gasteiger partial charge in [0.15, 0.2) is 0 Å². The van der Waals surface area contributed by atoms with Crippen LogP contribution in [0.2, 0.25) is 0 Å². The van der Waals surface area contributed by atoms with Crippen LogP contribution in [0.5, 0.6) is 0 Å². The molecule has 0 fully saturated rings. The van der Waals surface area contributed by atoms with Crippen molar-refractivity contribution in [2.45, 2.75) is 31.6 Å². The molecule has 3 N–H and O–H groups in total. The van der Waals surface area contributed by atoms with Gasteiger partial charge in [0.05, 0.1) is 19.6 Å². The lowest BCUT2D eigenvalue weighted by Crippen LogP contribution is -2.45. The molecule has 0 unspecified atom stereocenters. The first-order chi connectivity index (χ1) is 14.9. The third kappa shape index (κ3) is 8.43. The van der Waals surface area contributed by atoms with E-state index >= 15 is 0 Å². The monoisotopic (exact) mass is 432 g/mol. The summed E-state index contributed by atoms with van der Waals surface area (Å²) in [6, 6.07) is 13.8. The normalized spacial score (nSPS) is 12.4. The molecule has 31 heavy (non-hydrogen) atoms. The number of hydrogen-bond donors (Lipinski definition) is 3. The molecule has 0 aliphatic rings. The van der Waals surface area contributed by atoms with Crippen LogP contribution in [0.15, 0.2) is 54.6 Å². The number of methoxy groups -OCH3 is 1. The molecule has 0 aliphatic heterocycles. The maximum Gasteiger partial charge on any atom is 0.407 e. The Morgan fingerprint density at radius 2 is 1.74 bits per heavy atom. The third-order valence-electron chi connectivity index (χ3n) is 4.32. The number of aliphatic hydroxyl groups excluding tert-OH is 1. The number of nitrogens with one attached hydrogen (secondary N) is 2. The number of rotatable bonds is 10. The number of alkyl carbamates (subject to hydrolysis) is 1. The lowest BCUT2D eigenvalue weighted by atomic mass is 10.0. The Morgan fingerprint density at radius 1 is 1.06 bits per heavy atom. The Kier molecular flexibility index (Phi) is 9.44. The Hall–Kier alpha value is -3.46. The van der Waals surface area contributed by atoms with E-state index in [-0.39, 0.29) is 31.6 Å². The van der Waals surface area contributed by atoms with Crippen LogP contribution in [0, 0.1) is 5.82 Å². The highest BCUT2D eigenvalue weighted by Crippen LogP contribution is 2.10. The maximum absolute atomic E-state index is 13.9. The number of halogens is 1. The van der Waals surface area contributed by atoms with Crippen molar-refractivity contribution in [1.29, 1.82) is 0 Å². The van der Waals surface area contributed by atoms with Crippen molar-refractivity contribution >= 4 is 18.0 Å². The quantitative estimate of drug-likeness (QED) is 0.493. The van der Waals surface area contributed by atoms with Gasteiger partial charge in [-0.15, -0.1) is 0 Å². The average Bonchev–Trinajstić information content (AvgIpc) is 2.77. The van der Waals surface area contributed by atoms with Crippen LogP contribution in [-0.4, -0.2) is 48.9 Å². The number of amides is 2. The largest absolute Gasteiger partial charge is 0.467 e. The van der Waals surface area contributed by atoms with Gasteiger partial charge in [-0.25, -0.2) is 14.0 Å². The summed E-state index contributed by atoms with van der Waals surface area (Å²) in [7, 11) is 1.16. The summed E-state index contributed by atoms with van der Waals surface area (Å²) in [6.45, 7) is -0.155. The summed E-state index contributed by atoms with van der Waals surface area (Å²) in [5.74, 6) is -1.91. The predicted molar refractivity (Wildman–Crippen MR) is 109 cm³/mol. The Labute approximate surface area is 179 Å². The molecule has 9 heteroatoms. The lowest BCUT2D eigenvalue weighted by Gasteiger charge is -2.18. The second kappa shape index (κ2) is 12.3. The smallest absolute Gasteiger partial charge is 0.407 e. The summed E-state index contributed by atoms with van der Waals surface area (Å²) in [5.41, 5.74) is 1.04. The van der Waals surface area contributed by atoms with Crippen molar-refractivity contribution in [2.75, 3.05) is 13.7 Å². The van der Waals surface area contributed by atoms with Gasteiger partial charge in [-0.05, 0) is 17.2 Å². The summed E-state index contributed by atoms with van der Waals surface area (Å²) in [4.78, 5) is 35.9. The van der Waals surface area contributed by atoms with Crippen molar-refractivity contribution in [2.24, 2.45) is 0 Å². The summed E-state index contributed by atoms with van der Waals surface area (Å²) in [6.07, 6.45) is -2.44. The SMILES string of the molecule is COC(=O)[C@@H](Cc1ccccc1F)NC(=O)C[C@H](O)CNC(=O)OCc1ccccc1. The molecule has 2 aromatic rings. The van der Waals surface area contributed by atoms with E-state index in [9.17, 15) is 23.9 Å². The first kappa shape index (κ1) is 23.8. The zero-order valence-electron chi connectivity index (χ0n) is 17.0. The van der Waals surface area contributed by atoms with Gasteiger partial charge in [-0.1, -0.05) is 48.5 Å². The number of hydrogen-bond acceptors (Lipinski definition) is 6. The van der Waals surface area contributed by atoms with Gasteiger partial charge < -0.3 is 25.2 Å². The molecular formula is C22H25FN2O6. The number of carbonyl (C=O) groups is 3. The first-order valence-corrected chi connectivity index (χ1v) is 9.62. The molecule has 2 rings (SSSR count). The van der Waals surface area contributed by atoms with Crippen LogP contribution in [0.25, 0.3) is 0 Å². The van der Waals surface area contributed by atoms with Crippen LogP contribution in [-0.2, 0) is 32.1 Å². The molecule has 166 valence electrons. The van der Waals surface area contributed by atoms with E-state index in [4.69, 9.17) is 4.74 Å². The average molecular weight is 432 g/mol. The van der Waals surface area contributed by atoms with Gasteiger partial charge in [-0.2, -0.15) is 0 Å². The zero-order valence-corrected chi connectivity index (χ0v) is 17.0. The highest BCUT2D eigenvalue weighted by molar-refractivity contribution is 5.85. The van der Waals surface area contributed by atoms with Crippen molar-refractivity contribution in [1.82, 2.24) is 10.6 Å². The van der Waals surface area contributed by atoms with E-state index in [0.717, 1.165) is 12.7 Å². The number of benzene rings is 2. The molecular weight excluding hydrogens is 407 g/mol. The molecule has 0 heterocycles. The van der Waals surface area contributed by atoms with Crippen LogP contribution in [0.4, 0.5) is 9.18 Å². The number of carbonyl (C=O) groups excluding carboxylic acids is 3. The van der Waals surface area contributed by atoms with E-state index in [0.29, 0.717) is 0 Å². The Morgan fingerprint density at radius 3 is 2.42 bits per heavy atom. The summed E-state index contributed by atoms with van der Waals surface area (Å²) in [5, 5.41) is 14.8. The molecule has 0 spiro atoms. The molecule has 2 aromatic carbocycles. The van der Waals surface area contributed by atoms with E-state index in [1.165, 1.54) is 18.2 Å². The van der Waals surface area contributed by atoms with E-state index in [2.05, 4.69) is 15.4 Å². The molecule has 0 aromatic heterocycles. The minimum Gasteiger partial charge on any atom is -0.467 e. The Bertz CT molecular complexity index is 877. The second-order valence-corrected chi connectivity index (χ2v) is 6.74. The molecule has 0 saturated carbocycles. The van der Waals surface area contributed by atoms with Gasteiger partial charge in [0.1, 0.15) is 18.5 Å². The fourth-order valence-corrected chi connectivity index (χ4v) is 2.73. The summed E-state index contributed by atoms with van der Waals surface area (Å²) >= 11 is 0. The predicted octanol–water partition coefficient (Wildman–Crippen LogP) is 1.70. The maximum atomic E-state index is 13.9. The topological polar surface area (TPSA) is 114 Å². The van der Waals surface area contributed by atoms with Gasteiger partial charge >= 0.3 is 12.1 Å². The van der Waals surface area contributed by atoms with Gasteiger partial charge in [0.2, 0.25) is 5.91 Å². The Balaban J connectivity index is 1.78. The highest BCUT2D eigenvalue weighted by Gasteiger charge is 2.24. The highest BCUT2D eigenvalue weighted by atomic mass is 19.1. The van der Waals surface area contributed by atoms with E-state index in [1.54, 1.807) is 18.2 Å². The number of esters is 1. The fraction of sp³-hybridized carbons (Fsp3) is 0.318. The lowest BCUT2D eigenvalue weighted by molar-refractivity contribution is -0.145. The standard InChI is InChI=1S/C22H25FN2O6/c1-30-21(28)19(11-16-9-5-6-10-18(16)23)25-20(27)12-17(26)13-24-22(29)31-14-15-7-3-2-4-8-15/h2-10,17,19,26H,11-14H2,1H3,(H,24,29)(H,25,27)/t17-,19+/m0/s1. The molecule has 0 saturated heterocycles. The van der Waals surface area contributed by atoms with E-state index < -0.39 is 35.9 Å². The third-order valence-corrected chi connectivity index (χ3v) is 4.32. The number of aliphatic hydroxyl groups is 1. The first-order valence-electron chi connectivity index (χ1n) is 9.62. The van der Waals surface area contributed by atoms with Crippen molar-refractivity contribution in [3.8, 4) is 0 Å². The van der Waals surface area contributed by atoms with Gasteiger partial charge in [-0.3, -0.25) is 4.79 Å². The van der Waals surface area contributed by atoms with Crippen LogP contribution < -0.4 is 10.6 Å². The van der Waals surface area contributed by atoms with Crippen LogP contribution >= 0.6 is 0 Å². The van der Waals surface area contributed by atoms with Gasteiger partial charge in [0.25, 0.3) is 0 Å². The number of ether oxygens (including phenoxy) is 2. The van der Waals surface area contributed by atoms with E-state index in [1.807, 2.05) is 18.2 Å². The van der Waals surface area contributed by atoms with Crippen molar-refractivity contribution in [3.63, 3.8) is 0 Å². The second-order valence-electron chi connectivity index (χ2n) is 6.74. The molecule has 0 aliphatic carbocycles. The molecule has 2 atom stereocenters. The minimum atomic E-state index is -1.21. The molecule has 2 amide bonds. The van der Waals surface area contributed by atoms with Crippen molar-refractivity contribution in [3.05, 3.63) is 71.5 Å². The molecule has 0 radical (unpaired) electrons. The fourth-order valence-electron chi connectivity index (χ4n) is 2.73. The van der Waals surface area contributed by atoms with Gasteiger partial charge in [0, 0.05) is 13.0 Å². The van der Waals surface area contributed by atoms with Crippen LogP contribution in [0.1, 0.15) is 17.5 Å². The molecule has 8 nitrogen and oxygen atoms in total. The van der Waals surface area contributed by atoms with Crippen molar-refractivity contribution < 1.29 is 33.4 Å². The minimum absolute atomic E-state index is 0.0696. The zero-order chi connectivity index (χ0) is 22.6. The summed E-state index contributed by atoms with van der Waals surface area (Å²) < 4.78 is 23.5.